The fourth-order valence-corrected chi connectivity index (χ4v) is 3.36. The number of carbonyl (C=O) groups is 1. The van der Waals surface area contributed by atoms with Crippen molar-refractivity contribution in [3.63, 3.8) is 0 Å². The first-order valence-electron chi connectivity index (χ1n) is 8.86. The number of rotatable bonds is 8. The van der Waals surface area contributed by atoms with Gasteiger partial charge in [0.05, 0.1) is 12.4 Å². The normalized spacial score (nSPS) is 10.6. The molecule has 0 spiro atoms. The van der Waals surface area contributed by atoms with Crippen molar-refractivity contribution < 1.29 is 9.53 Å². The van der Waals surface area contributed by atoms with Crippen molar-refractivity contribution in [2.75, 3.05) is 17.7 Å². The van der Waals surface area contributed by atoms with Crippen LogP contribution in [-0.2, 0) is 11.2 Å². The summed E-state index contributed by atoms with van der Waals surface area (Å²) in [5.74, 6) is 1.82. The van der Waals surface area contributed by atoms with E-state index in [1.165, 1.54) is 11.8 Å². The molecule has 1 heterocycles. The van der Waals surface area contributed by atoms with Gasteiger partial charge in [0, 0.05) is 17.8 Å². The highest BCUT2D eigenvalue weighted by Crippen LogP contribution is 2.23. The molecule has 1 N–H and O–H groups in total. The number of carbonyl (C=O) groups excluding carboxylic acids is 1. The number of hydrogen-bond acceptors (Lipinski definition) is 5. The number of para-hydroxylation sites is 1. The SMILES string of the molecule is CCOc1ccc(NC(=O)CSc2nnc(CC)n2-c2ccccc2)cc1. The summed E-state index contributed by atoms with van der Waals surface area (Å²) in [6, 6.07) is 17.3. The minimum absolute atomic E-state index is 0.0928. The Bertz CT molecular complexity index is 879. The molecule has 27 heavy (non-hydrogen) atoms. The third-order valence-corrected chi connectivity index (χ3v) is 4.74. The molecule has 0 fully saturated rings. The molecule has 0 aliphatic carbocycles. The fraction of sp³-hybridized carbons (Fsp3) is 0.250. The van der Waals surface area contributed by atoms with E-state index in [0.29, 0.717) is 11.8 Å². The Kier molecular flexibility index (Phi) is 6.49. The summed E-state index contributed by atoms with van der Waals surface area (Å²) in [6.45, 7) is 4.59. The average Bonchev–Trinajstić information content (AvgIpc) is 3.12. The van der Waals surface area contributed by atoms with Crippen LogP contribution in [0.5, 0.6) is 5.75 Å². The molecule has 1 aromatic heterocycles. The standard InChI is InChI=1S/C20H22N4O2S/c1-3-18-22-23-20(24(18)16-8-6-5-7-9-16)27-14-19(25)21-15-10-12-17(13-11-15)26-4-2/h5-13H,3-4,14H2,1-2H3,(H,21,25). The molecule has 0 saturated heterocycles. The van der Waals surface area contributed by atoms with Crippen molar-refractivity contribution in [2.45, 2.75) is 25.4 Å². The third-order valence-electron chi connectivity index (χ3n) is 3.81. The molecule has 0 radical (unpaired) electrons. The molecule has 0 aliphatic heterocycles. The quantitative estimate of drug-likeness (QED) is 0.597. The van der Waals surface area contributed by atoms with Gasteiger partial charge >= 0.3 is 0 Å². The van der Waals surface area contributed by atoms with Crippen molar-refractivity contribution in [3.05, 3.63) is 60.4 Å². The number of amides is 1. The zero-order valence-corrected chi connectivity index (χ0v) is 16.2. The predicted molar refractivity (Wildman–Crippen MR) is 108 cm³/mol. The Morgan fingerprint density at radius 3 is 2.48 bits per heavy atom. The molecule has 0 bridgehead atoms. The van der Waals surface area contributed by atoms with E-state index in [-0.39, 0.29) is 11.7 Å². The minimum atomic E-state index is -0.0928. The summed E-state index contributed by atoms with van der Waals surface area (Å²) in [7, 11) is 0. The van der Waals surface area contributed by atoms with Gasteiger partial charge in [-0.1, -0.05) is 36.9 Å². The number of aryl methyl sites for hydroxylation is 1. The number of thioether (sulfide) groups is 1. The predicted octanol–water partition coefficient (Wildman–Crippen LogP) is 3.96. The van der Waals surface area contributed by atoms with Crippen LogP contribution >= 0.6 is 11.8 Å². The van der Waals surface area contributed by atoms with Crippen molar-refractivity contribution in [3.8, 4) is 11.4 Å². The van der Waals surface area contributed by atoms with Gasteiger partial charge in [-0.25, -0.2) is 0 Å². The number of nitrogens with zero attached hydrogens (tertiary/aromatic N) is 3. The van der Waals surface area contributed by atoms with Crippen LogP contribution in [0.15, 0.2) is 59.8 Å². The molecule has 1 amide bonds. The van der Waals surface area contributed by atoms with Gasteiger partial charge in [-0.3, -0.25) is 9.36 Å². The lowest BCUT2D eigenvalue weighted by Crippen LogP contribution is -2.14. The first-order valence-corrected chi connectivity index (χ1v) is 9.85. The van der Waals surface area contributed by atoms with Crippen LogP contribution in [0.25, 0.3) is 5.69 Å². The molecule has 0 saturated carbocycles. The Morgan fingerprint density at radius 2 is 1.81 bits per heavy atom. The van der Waals surface area contributed by atoms with Crippen LogP contribution in [0.1, 0.15) is 19.7 Å². The van der Waals surface area contributed by atoms with Crippen LogP contribution < -0.4 is 10.1 Å². The van der Waals surface area contributed by atoms with Crippen molar-refractivity contribution in [1.82, 2.24) is 14.8 Å². The Morgan fingerprint density at radius 1 is 1.07 bits per heavy atom. The number of ether oxygens (including phenoxy) is 1. The zero-order chi connectivity index (χ0) is 19.1. The molecule has 3 aromatic rings. The van der Waals surface area contributed by atoms with Crippen LogP contribution in [0.2, 0.25) is 0 Å². The van der Waals surface area contributed by atoms with Crippen molar-refractivity contribution >= 4 is 23.4 Å². The molecule has 2 aromatic carbocycles. The summed E-state index contributed by atoms with van der Waals surface area (Å²) in [5.41, 5.74) is 1.73. The van der Waals surface area contributed by atoms with E-state index < -0.39 is 0 Å². The summed E-state index contributed by atoms with van der Waals surface area (Å²) in [6.07, 6.45) is 0.765. The van der Waals surface area contributed by atoms with E-state index in [4.69, 9.17) is 4.74 Å². The molecule has 140 valence electrons. The molecule has 0 aliphatic rings. The van der Waals surface area contributed by atoms with Gasteiger partial charge in [0.15, 0.2) is 5.16 Å². The third kappa shape index (κ3) is 4.89. The molecular formula is C20H22N4O2S. The number of hydrogen-bond donors (Lipinski definition) is 1. The van der Waals surface area contributed by atoms with E-state index in [2.05, 4.69) is 15.5 Å². The summed E-state index contributed by atoms with van der Waals surface area (Å²) < 4.78 is 7.40. The summed E-state index contributed by atoms with van der Waals surface area (Å²) in [5, 5.41) is 12.1. The van der Waals surface area contributed by atoms with E-state index in [0.717, 1.165) is 29.4 Å². The smallest absolute Gasteiger partial charge is 0.234 e. The molecule has 0 atom stereocenters. The summed E-state index contributed by atoms with van der Waals surface area (Å²) in [4.78, 5) is 12.3. The first-order chi connectivity index (χ1) is 13.2. The van der Waals surface area contributed by atoms with Gasteiger partial charge in [-0.15, -0.1) is 10.2 Å². The molecule has 6 nitrogen and oxygen atoms in total. The van der Waals surface area contributed by atoms with E-state index in [1.807, 2.05) is 73.0 Å². The first kappa shape index (κ1) is 19.0. The number of anilines is 1. The minimum Gasteiger partial charge on any atom is -0.494 e. The molecule has 0 unspecified atom stereocenters. The van der Waals surface area contributed by atoms with Gasteiger partial charge in [0.2, 0.25) is 5.91 Å². The molecule has 7 heteroatoms. The van der Waals surface area contributed by atoms with Crippen molar-refractivity contribution in [2.24, 2.45) is 0 Å². The van der Waals surface area contributed by atoms with Crippen LogP contribution in [0.4, 0.5) is 5.69 Å². The Labute approximate surface area is 163 Å². The number of aromatic nitrogens is 3. The second-order valence-electron chi connectivity index (χ2n) is 5.72. The number of benzene rings is 2. The highest BCUT2D eigenvalue weighted by Gasteiger charge is 2.14. The zero-order valence-electron chi connectivity index (χ0n) is 15.4. The maximum absolute atomic E-state index is 12.3. The highest BCUT2D eigenvalue weighted by atomic mass is 32.2. The van der Waals surface area contributed by atoms with Crippen LogP contribution in [0.3, 0.4) is 0 Å². The maximum Gasteiger partial charge on any atom is 0.234 e. The maximum atomic E-state index is 12.3. The van der Waals surface area contributed by atoms with E-state index in [9.17, 15) is 4.79 Å². The lowest BCUT2D eigenvalue weighted by molar-refractivity contribution is -0.113. The number of nitrogens with one attached hydrogen (secondary N) is 1. The Balaban J connectivity index is 1.64. The van der Waals surface area contributed by atoms with Gasteiger partial charge in [-0.05, 0) is 43.3 Å². The van der Waals surface area contributed by atoms with Crippen LogP contribution in [0, 0.1) is 0 Å². The van der Waals surface area contributed by atoms with Crippen LogP contribution in [-0.4, -0.2) is 33.0 Å². The Hall–Kier alpha value is -2.80. The topological polar surface area (TPSA) is 69.0 Å². The van der Waals surface area contributed by atoms with E-state index in [1.54, 1.807) is 0 Å². The van der Waals surface area contributed by atoms with Gasteiger partial charge < -0.3 is 10.1 Å². The second-order valence-corrected chi connectivity index (χ2v) is 6.66. The lowest BCUT2D eigenvalue weighted by Gasteiger charge is -2.09. The van der Waals surface area contributed by atoms with Gasteiger partial charge in [0.1, 0.15) is 11.6 Å². The van der Waals surface area contributed by atoms with Gasteiger partial charge in [0.25, 0.3) is 0 Å². The largest absolute Gasteiger partial charge is 0.494 e. The highest BCUT2D eigenvalue weighted by molar-refractivity contribution is 7.99. The lowest BCUT2D eigenvalue weighted by atomic mass is 10.3. The summed E-state index contributed by atoms with van der Waals surface area (Å²) >= 11 is 1.37. The fourth-order valence-electron chi connectivity index (χ4n) is 2.59. The second kappa shape index (κ2) is 9.23. The molecular weight excluding hydrogens is 360 g/mol. The molecule has 3 rings (SSSR count). The monoisotopic (exact) mass is 382 g/mol. The van der Waals surface area contributed by atoms with Crippen molar-refractivity contribution in [1.29, 1.82) is 0 Å². The van der Waals surface area contributed by atoms with Gasteiger partial charge in [-0.2, -0.15) is 0 Å². The van der Waals surface area contributed by atoms with E-state index >= 15 is 0 Å². The average molecular weight is 382 g/mol.